The van der Waals surface area contributed by atoms with Gasteiger partial charge in [0.1, 0.15) is 31.8 Å². The molecule has 4 bridgehead atoms. The first-order chi connectivity index (χ1) is 34.0. The molecule has 5 aliphatic rings. The SMILES string of the molecule is CCCCC/C=C\CCOC(=O)CCCCCC(=O)OCC(COC(=O)CCCCCC(=O)OCC/C=C\CCCCC)(COC(=O)CC12CC3CC(CC(C3)C1)C2)COC(=O)NCCN1CCCC1. The number of alkyl carbamates (subject to hydrolysis) is 1. The maximum Gasteiger partial charge on any atom is 0.407 e. The summed E-state index contributed by atoms with van der Waals surface area (Å²) in [7, 11) is 0. The van der Waals surface area contributed by atoms with Gasteiger partial charge in [0.15, 0.2) is 0 Å². The van der Waals surface area contributed by atoms with Crippen molar-refractivity contribution in [1.29, 1.82) is 0 Å². The van der Waals surface area contributed by atoms with E-state index in [-0.39, 0.29) is 75.4 Å². The third-order valence-electron chi connectivity index (χ3n) is 14.6. The molecule has 70 heavy (non-hydrogen) atoms. The highest BCUT2D eigenvalue weighted by atomic mass is 16.6. The van der Waals surface area contributed by atoms with E-state index in [4.69, 9.17) is 28.4 Å². The Labute approximate surface area is 420 Å². The van der Waals surface area contributed by atoms with Gasteiger partial charge in [0.05, 0.1) is 19.6 Å². The number of nitrogens with zero attached hydrogens (tertiary/aromatic N) is 1. The Morgan fingerprint density at radius 2 is 0.929 bits per heavy atom. The highest BCUT2D eigenvalue weighted by Crippen LogP contribution is 2.61. The first-order valence-corrected chi connectivity index (χ1v) is 27.7. The number of likely N-dealkylation sites (tertiary alicyclic amines) is 1. The van der Waals surface area contributed by atoms with Crippen LogP contribution in [0.4, 0.5) is 4.79 Å². The zero-order valence-electron chi connectivity index (χ0n) is 43.5. The van der Waals surface area contributed by atoms with Gasteiger partial charge in [0, 0.05) is 38.8 Å². The second-order valence-corrected chi connectivity index (χ2v) is 21.2. The van der Waals surface area contributed by atoms with Gasteiger partial charge in [0.2, 0.25) is 0 Å². The van der Waals surface area contributed by atoms with E-state index >= 15 is 0 Å². The van der Waals surface area contributed by atoms with E-state index in [2.05, 4.69) is 48.4 Å². The fraction of sp³-hybridized carbons (Fsp3) is 0.821. The van der Waals surface area contributed by atoms with Crippen LogP contribution in [-0.4, -0.2) is 107 Å². The molecule has 0 aromatic heterocycles. The van der Waals surface area contributed by atoms with Gasteiger partial charge >= 0.3 is 35.9 Å². The molecule has 1 aliphatic heterocycles. The molecule has 1 saturated heterocycles. The molecule has 14 heteroatoms. The zero-order valence-corrected chi connectivity index (χ0v) is 43.5. The number of allylic oxidation sites excluding steroid dienone is 2. The Kier molecular flexibility index (Phi) is 28.8. The summed E-state index contributed by atoms with van der Waals surface area (Å²) in [6, 6.07) is 0. The Morgan fingerprint density at radius 1 is 0.514 bits per heavy atom. The van der Waals surface area contributed by atoms with Gasteiger partial charge in [-0.05, 0) is 152 Å². The number of carbonyl (C=O) groups is 6. The molecule has 0 radical (unpaired) electrons. The third-order valence-corrected chi connectivity index (χ3v) is 14.6. The summed E-state index contributed by atoms with van der Waals surface area (Å²) in [5.41, 5.74) is -1.44. The number of unbranched alkanes of at least 4 members (excludes halogenated alkanes) is 10. The molecule has 0 aromatic carbocycles. The number of ether oxygens (including phenoxy) is 6. The summed E-state index contributed by atoms with van der Waals surface area (Å²) >= 11 is 0. The quantitative estimate of drug-likeness (QED) is 0.0267. The monoisotopic (exact) mass is 985 g/mol. The van der Waals surface area contributed by atoms with Crippen LogP contribution in [0.5, 0.6) is 0 Å². The van der Waals surface area contributed by atoms with Crippen LogP contribution in [0.1, 0.15) is 200 Å². The highest BCUT2D eigenvalue weighted by molar-refractivity contribution is 5.72. The van der Waals surface area contributed by atoms with Crippen LogP contribution in [0.2, 0.25) is 0 Å². The number of esters is 5. The van der Waals surface area contributed by atoms with E-state index in [0.29, 0.717) is 102 Å². The van der Waals surface area contributed by atoms with Crippen molar-refractivity contribution in [3.05, 3.63) is 24.3 Å². The standard InChI is InChI=1S/C56H92N2O12/c1-3-5-7-9-11-13-23-33-65-49(59)25-17-15-19-27-51(61)67-42-56(45-70-54(64)57-29-32-58-30-21-22-31-58,44-69-53(63)41-55-38-46-35-47(39-55)37-48(36-46)40-55)43-68-52(62)28-20-16-18-26-50(60)66-34-24-14-12-10-8-6-4-2/h11-14,46-48H,3-10,15-45H2,1-2H3,(H,57,64)/b13-11-,14-12-. The first-order valence-electron chi connectivity index (χ1n) is 27.7. The van der Waals surface area contributed by atoms with Crippen molar-refractivity contribution in [2.24, 2.45) is 28.6 Å². The number of hydrogen-bond acceptors (Lipinski definition) is 13. The van der Waals surface area contributed by atoms with Crippen molar-refractivity contribution < 1.29 is 57.2 Å². The van der Waals surface area contributed by atoms with Crippen molar-refractivity contribution in [1.82, 2.24) is 10.2 Å². The van der Waals surface area contributed by atoms with Gasteiger partial charge in [-0.25, -0.2) is 4.79 Å². The first kappa shape index (κ1) is 58.6. The molecule has 0 spiro atoms. The summed E-state index contributed by atoms with van der Waals surface area (Å²) in [6.45, 7) is 6.85. The smallest absolute Gasteiger partial charge is 0.407 e. The van der Waals surface area contributed by atoms with Crippen molar-refractivity contribution in [2.45, 2.75) is 200 Å². The molecule has 0 unspecified atom stereocenters. The molecule has 1 amide bonds. The molecule has 398 valence electrons. The second-order valence-electron chi connectivity index (χ2n) is 21.2. The molecular formula is C56H92N2O12. The average Bonchev–Trinajstić information content (AvgIpc) is 3.85. The maximum absolute atomic E-state index is 13.8. The minimum atomic E-state index is -1.38. The lowest BCUT2D eigenvalue weighted by Gasteiger charge is -2.56. The Morgan fingerprint density at radius 3 is 1.39 bits per heavy atom. The lowest BCUT2D eigenvalue weighted by Crippen LogP contribution is -2.48. The van der Waals surface area contributed by atoms with Crippen molar-refractivity contribution >= 4 is 35.9 Å². The molecule has 0 atom stereocenters. The maximum atomic E-state index is 13.8. The highest BCUT2D eigenvalue weighted by Gasteiger charge is 2.52. The van der Waals surface area contributed by atoms with Crippen LogP contribution in [0.3, 0.4) is 0 Å². The third kappa shape index (κ3) is 24.9. The molecule has 4 aliphatic carbocycles. The minimum Gasteiger partial charge on any atom is -0.465 e. The number of amides is 1. The Hall–Kier alpha value is -3.94. The molecule has 14 nitrogen and oxygen atoms in total. The summed E-state index contributed by atoms with van der Waals surface area (Å²) in [5, 5.41) is 2.81. The summed E-state index contributed by atoms with van der Waals surface area (Å²) in [4.78, 5) is 80.2. The van der Waals surface area contributed by atoms with E-state index in [0.717, 1.165) is 58.0 Å². The van der Waals surface area contributed by atoms with Crippen LogP contribution < -0.4 is 5.32 Å². The molecular weight excluding hydrogens is 893 g/mol. The lowest BCUT2D eigenvalue weighted by molar-refractivity contribution is -0.168. The number of rotatable bonds is 39. The molecule has 4 saturated carbocycles. The van der Waals surface area contributed by atoms with Crippen molar-refractivity contribution in [3.63, 3.8) is 0 Å². The van der Waals surface area contributed by atoms with Gasteiger partial charge in [-0.3, -0.25) is 24.0 Å². The van der Waals surface area contributed by atoms with Crippen LogP contribution >= 0.6 is 0 Å². The number of carbonyl (C=O) groups excluding carboxylic acids is 6. The zero-order chi connectivity index (χ0) is 50.1. The van der Waals surface area contributed by atoms with Crippen LogP contribution in [-0.2, 0) is 52.4 Å². The number of hydrogen-bond donors (Lipinski definition) is 1. The predicted molar refractivity (Wildman–Crippen MR) is 269 cm³/mol. The molecule has 5 rings (SSSR count). The molecule has 5 fully saturated rings. The Bertz CT molecular complexity index is 1510. The van der Waals surface area contributed by atoms with Crippen LogP contribution in [0, 0.1) is 28.6 Å². The second kappa shape index (κ2) is 34.4. The van der Waals surface area contributed by atoms with Gasteiger partial charge in [0.25, 0.3) is 0 Å². The summed E-state index contributed by atoms with van der Waals surface area (Å²) in [6.07, 6.45) is 31.8. The number of nitrogens with one attached hydrogen (secondary N) is 1. The van der Waals surface area contributed by atoms with Gasteiger partial charge in [-0.2, -0.15) is 0 Å². The van der Waals surface area contributed by atoms with E-state index in [1.165, 1.54) is 57.8 Å². The van der Waals surface area contributed by atoms with E-state index in [1.54, 1.807) is 0 Å². The average molecular weight is 985 g/mol. The van der Waals surface area contributed by atoms with Gasteiger partial charge in [-0.1, -0.05) is 76.7 Å². The Balaban J connectivity index is 1.29. The summed E-state index contributed by atoms with van der Waals surface area (Å²) in [5.74, 6) is 0.101. The minimum absolute atomic E-state index is 0.0670. The van der Waals surface area contributed by atoms with Crippen molar-refractivity contribution in [3.8, 4) is 0 Å². The largest absolute Gasteiger partial charge is 0.465 e. The lowest BCUT2D eigenvalue weighted by atomic mass is 9.49. The molecule has 1 heterocycles. The topological polar surface area (TPSA) is 173 Å². The van der Waals surface area contributed by atoms with E-state index < -0.39 is 23.4 Å². The fourth-order valence-electron chi connectivity index (χ4n) is 11.1. The fourth-order valence-corrected chi connectivity index (χ4v) is 11.1. The van der Waals surface area contributed by atoms with Crippen LogP contribution in [0.25, 0.3) is 0 Å². The van der Waals surface area contributed by atoms with Crippen molar-refractivity contribution in [2.75, 3.05) is 65.8 Å². The summed E-state index contributed by atoms with van der Waals surface area (Å²) < 4.78 is 34.2. The van der Waals surface area contributed by atoms with Crippen LogP contribution in [0.15, 0.2) is 24.3 Å². The molecule has 1 N–H and O–H groups in total. The normalized spacial score (nSPS) is 20.7. The van der Waals surface area contributed by atoms with E-state index in [9.17, 15) is 28.8 Å². The van der Waals surface area contributed by atoms with Gasteiger partial charge in [-0.15, -0.1) is 0 Å². The molecule has 0 aromatic rings. The predicted octanol–water partition coefficient (Wildman–Crippen LogP) is 11.1. The van der Waals surface area contributed by atoms with E-state index in [1.807, 2.05) is 0 Å². The van der Waals surface area contributed by atoms with Gasteiger partial charge < -0.3 is 38.6 Å².